The molecule has 0 fully saturated rings. The molecule has 0 bridgehead atoms. The number of ether oxygens (including phenoxy) is 2. The van der Waals surface area contributed by atoms with Gasteiger partial charge in [0.1, 0.15) is 11.5 Å². The van der Waals surface area contributed by atoms with E-state index in [1.807, 2.05) is 60.7 Å². The summed E-state index contributed by atoms with van der Waals surface area (Å²) in [5.41, 5.74) is -4.56. The molecule has 0 spiro atoms. The average Bonchev–Trinajstić information content (AvgIpc) is 0.796. The first kappa shape index (κ1) is 103. The molecular weight excluding hydrogens is 1830 g/mol. The third kappa shape index (κ3) is 30.6. The van der Waals surface area contributed by atoms with Crippen molar-refractivity contribution in [3.8, 4) is 33.8 Å². The molecule has 0 aliphatic heterocycles. The highest BCUT2D eigenvalue weighted by molar-refractivity contribution is 6.10. The molecule has 0 aromatic heterocycles. The van der Waals surface area contributed by atoms with Gasteiger partial charge in [0.05, 0.1) is 59.4 Å². The summed E-state index contributed by atoms with van der Waals surface area (Å²) in [4.78, 5) is 150. The lowest BCUT2D eigenvalue weighted by Crippen LogP contribution is -2.36. The number of aliphatic hydroxyl groups is 1. The molecule has 0 saturated heterocycles. The second-order valence-corrected chi connectivity index (χ2v) is 29.5. The van der Waals surface area contributed by atoms with Crippen LogP contribution in [0, 0.1) is 0 Å². The second kappa shape index (κ2) is 44.7. The van der Waals surface area contributed by atoms with Crippen LogP contribution in [0.2, 0.25) is 0 Å². The molecule has 4 atom stereocenters. The van der Waals surface area contributed by atoms with E-state index in [9.17, 15) is 142 Å². The number of halogens is 18. The van der Waals surface area contributed by atoms with Crippen LogP contribution in [-0.4, -0.2) is 129 Å². The molecule has 11 rings (SSSR count). The molecule has 0 aliphatic carbocycles. The highest BCUT2D eigenvalue weighted by Crippen LogP contribution is 2.42. The highest BCUT2D eigenvalue weighted by atomic mass is 19.4. The summed E-state index contributed by atoms with van der Waals surface area (Å²) in [5, 5.41) is 42.5. The smallest absolute Gasteiger partial charge is 0.481 e. The lowest BCUT2D eigenvalue weighted by Gasteiger charge is -2.18. The summed E-state index contributed by atoms with van der Waals surface area (Å²) in [7, 11) is 0. The van der Waals surface area contributed by atoms with Gasteiger partial charge in [-0.1, -0.05) is 170 Å². The van der Waals surface area contributed by atoms with Gasteiger partial charge in [-0.25, -0.2) is 4.79 Å². The van der Waals surface area contributed by atoms with Crippen molar-refractivity contribution in [1.29, 1.82) is 0 Å². The fourth-order valence-corrected chi connectivity index (χ4v) is 13.2. The summed E-state index contributed by atoms with van der Waals surface area (Å²) >= 11 is 0. The van der Waals surface area contributed by atoms with E-state index in [4.69, 9.17) is 15.3 Å². The van der Waals surface area contributed by atoms with Crippen molar-refractivity contribution in [3.05, 3.63) is 356 Å². The molecule has 11 aromatic rings. The van der Waals surface area contributed by atoms with Crippen molar-refractivity contribution in [2.24, 2.45) is 0 Å². The third-order valence-electron chi connectivity index (χ3n) is 20.0. The van der Waals surface area contributed by atoms with Crippen molar-refractivity contribution in [2.45, 2.75) is 93.4 Å². The maximum Gasteiger partial charge on any atom is 0.573 e. The Hall–Kier alpha value is -15.4. The minimum Gasteiger partial charge on any atom is -0.481 e. The van der Waals surface area contributed by atoms with E-state index in [0.717, 1.165) is 82.9 Å². The van der Waals surface area contributed by atoms with Crippen LogP contribution in [0.3, 0.4) is 0 Å². The first-order valence-corrected chi connectivity index (χ1v) is 39.6. The molecule has 21 nitrogen and oxygen atoms in total. The monoisotopic (exact) mass is 1900 g/mol. The quantitative estimate of drug-likeness (QED) is 0.0145. The van der Waals surface area contributed by atoms with E-state index in [-0.39, 0.29) is 107 Å². The zero-order chi connectivity index (χ0) is 99.2. The number of carbonyl (C=O) groups excluding carboxylic acids is 9. The Labute approximate surface area is 752 Å². The van der Waals surface area contributed by atoms with Gasteiger partial charge in [-0.15, -0.1) is 26.3 Å². The fourth-order valence-electron chi connectivity index (χ4n) is 13.2. The van der Waals surface area contributed by atoms with E-state index in [1.165, 1.54) is 72.8 Å². The minimum atomic E-state index is -5.26. The number of nitrogens with one attached hydrogen (secondary N) is 3. The number of carboxylic acid groups (broad SMARTS) is 3. The molecule has 7 N–H and O–H groups in total. The van der Waals surface area contributed by atoms with Crippen molar-refractivity contribution >= 4 is 70.3 Å². The van der Waals surface area contributed by atoms with Crippen LogP contribution in [0.15, 0.2) is 267 Å². The molecule has 3 amide bonds. The van der Waals surface area contributed by atoms with Crippen molar-refractivity contribution in [2.75, 3.05) is 19.6 Å². The van der Waals surface area contributed by atoms with Gasteiger partial charge < -0.3 is 45.9 Å². The van der Waals surface area contributed by atoms with Gasteiger partial charge in [0.15, 0.2) is 40.8 Å². The van der Waals surface area contributed by atoms with Gasteiger partial charge >= 0.3 is 55.3 Å². The average molecular weight is 1900 g/mol. The predicted octanol–water partition coefficient (Wildman–Crippen LogP) is 20.6. The third-order valence-corrected chi connectivity index (χ3v) is 20.0. The normalized spacial score (nSPS) is 12.5. The van der Waals surface area contributed by atoms with E-state index in [0.29, 0.717) is 17.7 Å². The summed E-state index contributed by atoms with van der Waals surface area (Å²) in [6.45, 7) is -0.866. The molecule has 0 heterocycles. The van der Waals surface area contributed by atoms with Crippen LogP contribution >= 0.6 is 0 Å². The number of aliphatic hydroxyl groups excluding tert-OH is 1. The number of amides is 3. The standard InChI is InChI=1S/C34H25F6NO6.C33H26F3NO6.C29H20F9NO6/c35-33(36,37)25-14-24(15-26(16-25)34(38,39)40)28(42)17-27(21-8-6-20(7-9-21)19-4-2-1-3-5-19)30(44)22-10-12-23(13-11-22)31(45)41-18-29(43)32(46)47;34-33(35,36)43-27-8-4-7-26(19-27)29(38)20-28(23-11-9-22(10-12-23)21-5-2-1-3-6-21)31(41)24-13-15-25(16-14-24)32(42)37-18-17-30(39)40;30-27(31,32)19-11-18(12-20(13-19)28(33,34)35)23(40)14-22(15-5-7-21(8-6-15)45-29(36,37)38)25(43)16-1-3-17(4-2-16)26(44)39-10-9-24(41)42/h1-16,27,29,43H,17-18H2,(H,41,45)(H,46,47);1-16,19,28H,17-18,20H2,(H,37,42)(H,39,40);1-8,11-13,22H,9-10,14H2,(H,39,44)(H,41,42)/t27?,29-;;/m1../s1. The highest BCUT2D eigenvalue weighted by Gasteiger charge is 2.42. The molecular formula is C96H71F18N3O18. The molecule has 39 heteroatoms. The second-order valence-electron chi connectivity index (χ2n) is 29.5. The van der Waals surface area contributed by atoms with Gasteiger partial charge in [0, 0.05) is 82.4 Å². The number of Topliss-reactive ketones (excluding diaryl/α,β-unsaturated/α-hetero) is 6. The molecule has 0 radical (unpaired) electrons. The van der Waals surface area contributed by atoms with Crippen molar-refractivity contribution in [1.82, 2.24) is 16.0 Å². The minimum absolute atomic E-state index is 0.0115. The summed E-state index contributed by atoms with van der Waals surface area (Å²) in [6.07, 6.45) is -35.5. The van der Waals surface area contributed by atoms with E-state index in [1.54, 1.807) is 36.4 Å². The summed E-state index contributed by atoms with van der Waals surface area (Å²) in [5.74, 6) is -16.0. The predicted molar refractivity (Wildman–Crippen MR) is 445 cm³/mol. The van der Waals surface area contributed by atoms with E-state index >= 15 is 0 Å². The zero-order valence-corrected chi connectivity index (χ0v) is 69.2. The number of benzene rings is 11. The van der Waals surface area contributed by atoms with Crippen LogP contribution in [0.1, 0.15) is 182 Å². The first-order valence-electron chi connectivity index (χ1n) is 39.6. The van der Waals surface area contributed by atoms with Crippen molar-refractivity contribution in [3.63, 3.8) is 0 Å². The zero-order valence-electron chi connectivity index (χ0n) is 69.2. The summed E-state index contributed by atoms with van der Waals surface area (Å²) < 4.78 is 245. The van der Waals surface area contributed by atoms with Gasteiger partial charge in [-0.2, -0.15) is 52.7 Å². The Morgan fingerprint density at radius 1 is 0.281 bits per heavy atom. The molecule has 704 valence electrons. The number of aliphatic carboxylic acids is 3. The van der Waals surface area contributed by atoms with Crippen LogP contribution in [0.5, 0.6) is 11.5 Å². The Morgan fingerprint density at radius 2 is 0.563 bits per heavy atom. The lowest BCUT2D eigenvalue weighted by molar-refractivity contribution is -0.275. The van der Waals surface area contributed by atoms with Gasteiger partial charge in [-0.3, -0.25) is 52.7 Å². The molecule has 135 heavy (non-hydrogen) atoms. The van der Waals surface area contributed by atoms with Crippen LogP contribution in [-0.2, 0) is 39.1 Å². The van der Waals surface area contributed by atoms with E-state index in [2.05, 4.69) is 25.4 Å². The topological polar surface area (TPSA) is 340 Å². The van der Waals surface area contributed by atoms with Crippen molar-refractivity contribution < 1.29 is 166 Å². The van der Waals surface area contributed by atoms with Gasteiger partial charge in [0.2, 0.25) is 0 Å². The summed E-state index contributed by atoms with van der Waals surface area (Å²) in [6, 6.07) is 56.1. The molecule has 11 aromatic carbocycles. The molecule has 0 saturated carbocycles. The fraction of sp³-hybridized carbons (Fsp3) is 0.188. The van der Waals surface area contributed by atoms with Crippen LogP contribution in [0.4, 0.5) is 79.0 Å². The Kier molecular flexibility index (Phi) is 34.2. The number of carboxylic acids is 3. The molecule has 0 aliphatic rings. The molecule has 3 unspecified atom stereocenters. The SMILES string of the molecule is O=C(CC(C(=O)c1ccc(C(=O)NC[C@@H](O)C(=O)O)cc1)c1ccc(-c2ccccc2)cc1)c1cc(C(F)(F)F)cc(C(F)(F)F)c1.O=C(O)CCNC(=O)c1ccc(C(=O)C(CC(=O)c2cc(C(F)(F)F)cc(C(F)(F)F)c2)c2ccc(OC(F)(F)F)cc2)cc1.O=C(O)CCNC(=O)c1ccc(C(=O)C(CC(=O)c2cccc(OC(F)(F)F)c2)c2ccc(-c3ccccc3)cc2)cc1. The van der Waals surface area contributed by atoms with Gasteiger partial charge in [0.25, 0.3) is 17.7 Å². The first-order chi connectivity index (χ1) is 63.3. The number of ketones is 6. The largest absolute Gasteiger partial charge is 0.573 e. The Bertz CT molecular complexity index is 6050. The number of alkyl halides is 18. The lowest BCUT2D eigenvalue weighted by atomic mass is 9.84. The number of hydrogen-bond acceptors (Lipinski definition) is 15. The maximum atomic E-state index is 13.8. The van der Waals surface area contributed by atoms with Gasteiger partial charge in [-0.05, 0) is 136 Å². The maximum absolute atomic E-state index is 13.8. The number of carbonyl (C=O) groups is 12. The van der Waals surface area contributed by atoms with Crippen LogP contribution < -0.4 is 25.4 Å². The number of rotatable bonds is 34. The van der Waals surface area contributed by atoms with E-state index < -0.39 is 196 Å². The van der Waals surface area contributed by atoms with Crippen LogP contribution in [0.25, 0.3) is 22.3 Å². The number of hydrogen-bond donors (Lipinski definition) is 7. The Morgan fingerprint density at radius 3 is 0.859 bits per heavy atom. The Balaban J connectivity index is 0.000000227.